The predicted molar refractivity (Wildman–Crippen MR) is 129 cm³/mol. The van der Waals surface area contributed by atoms with Gasteiger partial charge in [0.1, 0.15) is 0 Å². The number of carbonyl (C=O) groups is 2. The SMILES string of the molecule is O=C1Nc2ccc(C(=O)O)cc2/C1=C(/Nc1ccc(CN2CCOCC2)cc1)c1cccnc1. The van der Waals surface area contributed by atoms with Gasteiger partial charge in [0, 0.05) is 54.5 Å². The van der Waals surface area contributed by atoms with Crippen molar-refractivity contribution in [3.63, 3.8) is 0 Å². The van der Waals surface area contributed by atoms with Crippen LogP contribution in [0.4, 0.5) is 11.4 Å². The number of pyridine rings is 1. The number of carboxylic acids is 1. The second-order valence-corrected chi connectivity index (χ2v) is 8.22. The number of anilines is 2. The summed E-state index contributed by atoms with van der Waals surface area (Å²) >= 11 is 0. The molecule has 0 radical (unpaired) electrons. The Labute approximate surface area is 196 Å². The largest absolute Gasteiger partial charge is 0.478 e. The van der Waals surface area contributed by atoms with Crippen molar-refractivity contribution in [1.29, 1.82) is 0 Å². The Kier molecular flexibility index (Phi) is 6.07. The van der Waals surface area contributed by atoms with Gasteiger partial charge in [0.15, 0.2) is 0 Å². The Morgan fingerprint density at radius 1 is 1.09 bits per heavy atom. The first-order chi connectivity index (χ1) is 16.6. The Morgan fingerprint density at radius 3 is 2.59 bits per heavy atom. The fourth-order valence-electron chi connectivity index (χ4n) is 4.19. The lowest BCUT2D eigenvalue weighted by molar-refractivity contribution is -0.110. The van der Waals surface area contributed by atoms with Crippen molar-refractivity contribution >= 4 is 34.5 Å². The summed E-state index contributed by atoms with van der Waals surface area (Å²) in [6.07, 6.45) is 3.34. The number of fused-ring (bicyclic) bond motifs is 1. The Bertz CT molecular complexity index is 1250. The fraction of sp³-hybridized carbons (Fsp3) is 0.192. The predicted octanol–water partition coefficient (Wildman–Crippen LogP) is 3.54. The molecule has 3 N–H and O–H groups in total. The summed E-state index contributed by atoms with van der Waals surface area (Å²) in [4.78, 5) is 31.1. The molecule has 172 valence electrons. The number of aromatic nitrogens is 1. The minimum atomic E-state index is -1.05. The van der Waals surface area contributed by atoms with Gasteiger partial charge in [0.05, 0.1) is 30.0 Å². The zero-order valence-corrected chi connectivity index (χ0v) is 18.5. The summed E-state index contributed by atoms with van der Waals surface area (Å²) in [5.41, 5.74) is 4.90. The average Bonchev–Trinajstić information content (AvgIpc) is 3.19. The van der Waals surface area contributed by atoms with Crippen LogP contribution in [0.2, 0.25) is 0 Å². The van der Waals surface area contributed by atoms with Crippen LogP contribution in [0.5, 0.6) is 0 Å². The summed E-state index contributed by atoms with van der Waals surface area (Å²) < 4.78 is 5.42. The van der Waals surface area contributed by atoms with Crippen molar-refractivity contribution in [2.24, 2.45) is 0 Å². The average molecular weight is 457 g/mol. The number of rotatable bonds is 6. The van der Waals surface area contributed by atoms with Crippen molar-refractivity contribution in [2.45, 2.75) is 6.54 Å². The molecule has 2 aliphatic heterocycles. The van der Waals surface area contributed by atoms with Crippen LogP contribution in [0.3, 0.4) is 0 Å². The van der Waals surface area contributed by atoms with Gasteiger partial charge in [-0.3, -0.25) is 14.7 Å². The highest BCUT2D eigenvalue weighted by molar-refractivity contribution is 6.37. The van der Waals surface area contributed by atoms with Crippen LogP contribution in [0.15, 0.2) is 67.0 Å². The first-order valence-corrected chi connectivity index (χ1v) is 11.1. The maximum absolute atomic E-state index is 13.0. The third-order valence-corrected chi connectivity index (χ3v) is 5.94. The van der Waals surface area contributed by atoms with Crippen LogP contribution in [0, 0.1) is 0 Å². The quantitative estimate of drug-likeness (QED) is 0.488. The molecule has 0 bridgehead atoms. The number of nitrogens with one attached hydrogen (secondary N) is 2. The normalized spacial score (nSPS) is 17.1. The maximum atomic E-state index is 13.0. The van der Waals surface area contributed by atoms with Gasteiger partial charge in [0.2, 0.25) is 0 Å². The van der Waals surface area contributed by atoms with E-state index < -0.39 is 5.97 Å². The molecule has 0 saturated carbocycles. The maximum Gasteiger partial charge on any atom is 0.335 e. The topological polar surface area (TPSA) is 104 Å². The van der Waals surface area contributed by atoms with Crippen LogP contribution in [0.1, 0.15) is 27.0 Å². The molecule has 1 amide bonds. The van der Waals surface area contributed by atoms with Gasteiger partial charge in [-0.05, 0) is 48.0 Å². The number of aromatic carboxylic acids is 1. The number of hydrogen-bond donors (Lipinski definition) is 3. The van der Waals surface area contributed by atoms with Crippen LogP contribution in [-0.2, 0) is 16.1 Å². The summed E-state index contributed by atoms with van der Waals surface area (Å²) in [6, 6.07) is 16.4. The highest BCUT2D eigenvalue weighted by Crippen LogP contribution is 2.38. The second-order valence-electron chi connectivity index (χ2n) is 8.22. The smallest absolute Gasteiger partial charge is 0.335 e. The lowest BCUT2D eigenvalue weighted by atomic mass is 9.99. The Balaban J connectivity index is 1.50. The van der Waals surface area contributed by atoms with E-state index in [0.717, 1.165) is 44.1 Å². The van der Waals surface area contributed by atoms with Gasteiger partial charge in [-0.2, -0.15) is 0 Å². The van der Waals surface area contributed by atoms with E-state index in [0.29, 0.717) is 22.5 Å². The van der Waals surface area contributed by atoms with E-state index >= 15 is 0 Å². The molecule has 8 heteroatoms. The molecule has 2 aromatic carbocycles. The van der Waals surface area contributed by atoms with E-state index in [1.54, 1.807) is 24.5 Å². The number of carboxylic acid groups (broad SMARTS) is 1. The zero-order valence-electron chi connectivity index (χ0n) is 18.5. The number of carbonyl (C=O) groups excluding carboxylic acids is 1. The lowest BCUT2D eigenvalue weighted by Gasteiger charge is -2.26. The van der Waals surface area contributed by atoms with Gasteiger partial charge in [-0.1, -0.05) is 12.1 Å². The van der Waals surface area contributed by atoms with Crippen LogP contribution in [-0.4, -0.2) is 53.2 Å². The first-order valence-electron chi connectivity index (χ1n) is 11.1. The zero-order chi connectivity index (χ0) is 23.5. The van der Waals surface area contributed by atoms with Gasteiger partial charge in [-0.25, -0.2) is 4.79 Å². The molecule has 0 aliphatic carbocycles. The van der Waals surface area contributed by atoms with Crippen LogP contribution < -0.4 is 10.6 Å². The minimum absolute atomic E-state index is 0.116. The molecule has 5 rings (SSSR count). The van der Waals surface area contributed by atoms with Gasteiger partial charge < -0.3 is 20.5 Å². The third-order valence-electron chi connectivity index (χ3n) is 5.94. The monoisotopic (exact) mass is 456 g/mol. The number of nitrogens with zero attached hydrogens (tertiary/aromatic N) is 2. The van der Waals surface area contributed by atoms with E-state index in [9.17, 15) is 14.7 Å². The highest BCUT2D eigenvalue weighted by Gasteiger charge is 2.29. The highest BCUT2D eigenvalue weighted by atomic mass is 16.5. The molecule has 3 aromatic rings. The molecular weight excluding hydrogens is 432 g/mol. The van der Waals surface area contributed by atoms with E-state index in [1.807, 2.05) is 18.2 Å². The van der Waals surface area contributed by atoms with Crippen molar-refractivity contribution in [3.8, 4) is 0 Å². The number of morpholine rings is 1. The molecular formula is C26H24N4O4. The molecule has 1 saturated heterocycles. The molecule has 3 heterocycles. The van der Waals surface area contributed by atoms with Gasteiger partial charge >= 0.3 is 5.97 Å². The summed E-state index contributed by atoms with van der Waals surface area (Å²) in [7, 11) is 0. The first kappa shape index (κ1) is 21.8. The third kappa shape index (κ3) is 4.54. The number of benzene rings is 2. The Hall–Kier alpha value is -4.01. The molecule has 2 aliphatic rings. The Morgan fingerprint density at radius 2 is 1.88 bits per heavy atom. The standard InChI is InChI=1S/C26H24N4O4/c31-25-23(21-14-18(26(32)33)5-8-22(21)29-25)24(19-2-1-9-27-15-19)28-20-6-3-17(4-7-20)16-30-10-12-34-13-11-30/h1-9,14-15,28H,10-13,16H2,(H,29,31)(H,32,33)/b24-23-. The summed E-state index contributed by atoms with van der Waals surface area (Å²) in [5.74, 6) is -1.35. The van der Waals surface area contributed by atoms with Gasteiger partial charge in [0.25, 0.3) is 5.91 Å². The van der Waals surface area contributed by atoms with Crippen molar-refractivity contribution in [2.75, 3.05) is 36.9 Å². The molecule has 0 unspecified atom stereocenters. The van der Waals surface area contributed by atoms with Crippen molar-refractivity contribution in [1.82, 2.24) is 9.88 Å². The molecule has 1 aromatic heterocycles. The van der Waals surface area contributed by atoms with Crippen molar-refractivity contribution in [3.05, 3.63) is 89.2 Å². The molecule has 34 heavy (non-hydrogen) atoms. The van der Waals surface area contributed by atoms with Crippen LogP contribution in [0.25, 0.3) is 11.3 Å². The molecule has 1 fully saturated rings. The van der Waals surface area contributed by atoms with E-state index in [1.165, 1.54) is 17.7 Å². The van der Waals surface area contributed by atoms with Gasteiger partial charge in [-0.15, -0.1) is 0 Å². The minimum Gasteiger partial charge on any atom is -0.478 e. The summed E-state index contributed by atoms with van der Waals surface area (Å²) in [5, 5.41) is 15.7. The van der Waals surface area contributed by atoms with E-state index in [-0.39, 0.29) is 11.5 Å². The number of amides is 1. The van der Waals surface area contributed by atoms with E-state index in [2.05, 4.69) is 32.7 Å². The summed E-state index contributed by atoms with van der Waals surface area (Å²) in [6.45, 7) is 4.21. The molecule has 8 nitrogen and oxygen atoms in total. The second kappa shape index (κ2) is 9.46. The number of hydrogen-bond acceptors (Lipinski definition) is 6. The molecule has 0 spiro atoms. The fourth-order valence-corrected chi connectivity index (χ4v) is 4.19. The molecule has 0 atom stereocenters. The van der Waals surface area contributed by atoms with Crippen LogP contribution >= 0.6 is 0 Å². The van der Waals surface area contributed by atoms with E-state index in [4.69, 9.17) is 4.74 Å². The number of ether oxygens (including phenoxy) is 1. The van der Waals surface area contributed by atoms with Crippen molar-refractivity contribution < 1.29 is 19.4 Å². The lowest BCUT2D eigenvalue weighted by Crippen LogP contribution is -2.35.